The lowest BCUT2D eigenvalue weighted by atomic mass is 10.2. The summed E-state index contributed by atoms with van der Waals surface area (Å²) < 4.78 is 10.8. The van der Waals surface area contributed by atoms with E-state index in [1.54, 1.807) is 12.3 Å². The highest BCUT2D eigenvalue weighted by atomic mass is 16.5. The number of aromatic nitrogens is 3. The summed E-state index contributed by atoms with van der Waals surface area (Å²) in [5.41, 5.74) is 0.909. The largest absolute Gasteiger partial charge is 0.453 e. The molecule has 0 radical (unpaired) electrons. The Kier molecular flexibility index (Phi) is 5.88. The Balaban J connectivity index is 1.47. The fraction of sp³-hybridized carbons (Fsp3) is 0.211. The van der Waals surface area contributed by atoms with Gasteiger partial charge in [0, 0.05) is 24.4 Å². The van der Waals surface area contributed by atoms with Crippen molar-refractivity contribution in [2.24, 2.45) is 0 Å². The second-order valence-corrected chi connectivity index (χ2v) is 5.68. The van der Waals surface area contributed by atoms with E-state index in [-0.39, 0.29) is 18.8 Å². The van der Waals surface area contributed by atoms with Gasteiger partial charge in [-0.1, -0.05) is 30.3 Å². The van der Waals surface area contributed by atoms with Crippen molar-refractivity contribution in [2.75, 3.05) is 5.32 Å². The van der Waals surface area contributed by atoms with Gasteiger partial charge in [-0.15, -0.1) is 0 Å². The topological polar surface area (TPSA) is 107 Å². The lowest BCUT2D eigenvalue weighted by Crippen LogP contribution is -2.30. The molecule has 0 aliphatic carbocycles. The molecule has 1 N–H and O–H groups in total. The third-order valence-corrected chi connectivity index (χ3v) is 3.63. The molecular weight excluding hydrogens is 348 g/mol. The highest BCUT2D eigenvalue weighted by Gasteiger charge is 2.19. The number of hydrogen-bond acceptors (Lipinski definition) is 7. The van der Waals surface area contributed by atoms with Gasteiger partial charge in [0.15, 0.2) is 17.8 Å². The predicted molar refractivity (Wildman–Crippen MR) is 96.5 cm³/mol. The Hall–Kier alpha value is -3.55. The summed E-state index contributed by atoms with van der Waals surface area (Å²) in [5.74, 6) is 0.192. The number of nitrogens with one attached hydrogen (secondary N) is 1. The van der Waals surface area contributed by atoms with E-state index in [1.807, 2.05) is 30.3 Å². The number of carbonyl (C=O) groups is 2. The molecule has 2 aromatic heterocycles. The van der Waals surface area contributed by atoms with Gasteiger partial charge in [0.1, 0.15) is 0 Å². The third-order valence-electron chi connectivity index (χ3n) is 3.63. The molecule has 138 valence electrons. The summed E-state index contributed by atoms with van der Waals surface area (Å²) in [5, 5.41) is 2.47. The van der Waals surface area contributed by atoms with Crippen molar-refractivity contribution in [1.29, 1.82) is 0 Å². The standard InChI is InChI=1S/C19H18N4O4/c1-13(18(25)23-19-20-10-5-11-21-19)26-17(24)9-8-16-22-12-15(27-16)14-6-3-2-4-7-14/h2-7,10-13H,8-9H2,1H3,(H,20,21,23,25). The average Bonchev–Trinajstić information content (AvgIpc) is 3.17. The number of oxazole rings is 1. The minimum absolute atomic E-state index is 0.0498. The maximum atomic E-state index is 12.0. The minimum atomic E-state index is -0.967. The van der Waals surface area contributed by atoms with E-state index in [9.17, 15) is 9.59 Å². The number of rotatable bonds is 7. The molecule has 3 rings (SSSR count). The van der Waals surface area contributed by atoms with Gasteiger partial charge in [0.2, 0.25) is 5.95 Å². The second kappa shape index (κ2) is 8.70. The predicted octanol–water partition coefficient (Wildman–Crippen LogP) is 2.63. The van der Waals surface area contributed by atoms with Crippen molar-refractivity contribution >= 4 is 17.8 Å². The van der Waals surface area contributed by atoms with Crippen LogP contribution in [0, 0.1) is 0 Å². The number of aryl methyl sites for hydroxylation is 1. The van der Waals surface area contributed by atoms with Crippen molar-refractivity contribution in [3.05, 3.63) is 60.9 Å². The van der Waals surface area contributed by atoms with E-state index in [0.29, 0.717) is 11.7 Å². The molecule has 1 atom stereocenters. The second-order valence-electron chi connectivity index (χ2n) is 5.68. The number of carbonyl (C=O) groups excluding carboxylic acids is 2. The molecule has 0 bridgehead atoms. The first-order chi connectivity index (χ1) is 13.1. The Morgan fingerprint density at radius 3 is 2.59 bits per heavy atom. The summed E-state index contributed by atoms with van der Waals surface area (Å²) in [7, 11) is 0. The Morgan fingerprint density at radius 1 is 1.11 bits per heavy atom. The van der Waals surface area contributed by atoms with Gasteiger partial charge in [0.25, 0.3) is 5.91 Å². The summed E-state index contributed by atoms with van der Waals surface area (Å²) in [4.78, 5) is 35.9. The fourth-order valence-corrected chi connectivity index (χ4v) is 2.26. The molecule has 0 aliphatic rings. The van der Waals surface area contributed by atoms with E-state index >= 15 is 0 Å². The van der Waals surface area contributed by atoms with Crippen LogP contribution in [-0.2, 0) is 20.7 Å². The molecule has 1 aromatic carbocycles. The van der Waals surface area contributed by atoms with Crippen molar-refractivity contribution in [1.82, 2.24) is 15.0 Å². The van der Waals surface area contributed by atoms with Gasteiger partial charge in [-0.05, 0) is 13.0 Å². The molecule has 0 spiro atoms. The summed E-state index contributed by atoms with van der Waals surface area (Å²) in [6.07, 6.45) is 3.98. The van der Waals surface area contributed by atoms with Crippen LogP contribution in [-0.4, -0.2) is 32.9 Å². The SMILES string of the molecule is CC(OC(=O)CCc1ncc(-c2ccccc2)o1)C(=O)Nc1ncccn1. The monoisotopic (exact) mass is 366 g/mol. The van der Waals surface area contributed by atoms with Gasteiger partial charge in [0.05, 0.1) is 12.6 Å². The maximum absolute atomic E-state index is 12.0. The Morgan fingerprint density at radius 2 is 1.85 bits per heavy atom. The molecule has 27 heavy (non-hydrogen) atoms. The fourth-order valence-electron chi connectivity index (χ4n) is 2.26. The quantitative estimate of drug-likeness (QED) is 0.640. The molecule has 1 amide bonds. The first-order valence-corrected chi connectivity index (χ1v) is 8.39. The van der Waals surface area contributed by atoms with Crippen LogP contribution in [0.4, 0.5) is 5.95 Å². The van der Waals surface area contributed by atoms with Crippen molar-refractivity contribution in [3.63, 3.8) is 0 Å². The molecule has 1 unspecified atom stereocenters. The molecule has 8 nitrogen and oxygen atoms in total. The molecular formula is C19H18N4O4. The van der Waals surface area contributed by atoms with E-state index in [0.717, 1.165) is 5.56 Å². The molecule has 0 saturated heterocycles. The number of amides is 1. The summed E-state index contributed by atoms with van der Waals surface area (Å²) in [6, 6.07) is 11.2. The lowest BCUT2D eigenvalue weighted by Gasteiger charge is -2.12. The van der Waals surface area contributed by atoms with Crippen LogP contribution in [0.1, 0.15) is 19.2 Å². The van der Waals surface area contributed by atoms with Crippen LogP contribution in [0.2, 0.25) is 0 Å². The minimum Gasteiger partial charge on any atom is -0.453 e. The Labute approximate surface area is 155 Å². The highest BCUT2D eigenvalue weighted by molar-refractivity contribution is 5.93. The van der Waals surface area contributed by atoms with E-state index in [1.165, 1.54) is 19.3 Å². The third kappa shape index (κ3) is 5.21. The maximum Gasteiger partial charge on any atom is 0.307 e. The van der Waals surface area contributed by atoms with Gasteiger partial charge in [-0.3, -0.25) is 14.9 Å². The number of anilines is 1. The number of hydrogen-bond donors (Lipinski definition) is 1. The average molecular weight is 366 g/mol. The van der Waals surface area contributed by atoms with Crippen molar-refractivity contribution in [2.45, 2.75) is 25.9 Å². The number of esters is 1. The number of ether oxygens (including phenoxy) is 1. The van der Waals surface area contributed by atoms with E-state index in [2.05, 4.69) is 20.3 Å². The first-order valence-electron chi connectivity index (χ1n) is 8.39. The molecule has 2 heterocycles. The zero-order valence-electron chi connectivity index (χ0n) is 14.7. The van der Waals surface area contributed by atoms with E-state index in [4.69, 9.17) is 9.15 Å². The number of nitrogens with zero attached hydrogens (tertiary/aromatic N) is 3. The van der Waals surface area contributed by atoms with Crippen molar-refractivity contribution in [3.8, 4) is 11.3 Å². The normalized spacial score (nSPS) is 11.6. The van der Waals surface area contributed by atoms with Gasteiger partial charge < -0.3 is 9.15 Å². The van der Waals surface area contributed by atoms with Crippen LogP contribution in [0.25, 0.3) is 11.3 Å². The van der Waals surface area contributed by atoms with Crippen LogP contribution >= 0.6 is 0 Å². The van der Waals surface area contributed by atoms with E-state index < -0.39 is 18.0 Å². The Bertz CT molecular complexity index is 896. The number of benzene rings is 1. The van der Waals surface area contributed by atoms with Crippen LogP contribution in [0.5, 0.6) is 0 Å². The van der Waals surface area contributed by atoms with Gasteiger partial charge in [-0.25, -0.2) is 15.0 Å². The lowest BCUT2D eigenvalue weighted by molar-refractivity contribution is -0.153. The molecule has 8 heteroatoms. The van der Waals surface area contributed by atoms with Crippen LogP contribution < -0.4 is 5.32 Å². The van der Waals surface area contributed by atoms with Crippen LogP contribution in [0.15, 0.2) is 59.4 Å². The van der Waals surface area contributed by atoms with Crippen LogP contribution in [0.3, 0.4) is 0 Å². The molecule has 3 aromatic rings. The zero-order chi connectivity index (χ0) is 19.1. The zero-order valence-corrected chi connectivity index (χ0v) is 14.7. The molecule has 0 fully saturated rings. The molecule has 0 saturated carbocycles. The molecule has 0 aliphatic heterocycles. The first kappa shape index (κ1) is 18.2. The van der Waals surface area contributed by atoms with Gasteiger partial charge in [-0.2, -0.15) is 0 Å². The van der Waals surface area contributed by atoms with Crippen molar-refractivity contribution < 1.29 is 18.7 Å². The summed E-state index contributed by atoms with van der Waals surface area (Å²) >= 11 is 0. The smallest absolute Gasteiger partial charge is 0.307 e. The highest BCUT2D eigenvalue weighted by Crippen LogP contribution is 2.20. The van der Waals surface area contributed by atoms with Gasteiger partial charge >= 0.3 is 5.97 Å². The summed E-state index contributed by atoms with van der Waals surface area (Å²) in [6.45, 7) is 1.48.